The van der Waals surface area contributed by atoms with E-state index < -0.39 is 0 Å². The van der Waals surface area contributed by atoms with Crippen LogP contribution < -0.4 is 0 Å². The van der Waals surface area contributed by atoms with E-state index in [0.717, 1.165) is 37.3 Å². The van der Waals surface area contributed by atoms with E-state index in [1.807, 2.05) is 19.2 Å². The van der Waals surface area contributed by atoms with Crippen molar-refractivity contribution in [1.29, 1.82) is 0 Å². The standard InChI is InChI=1S/C13H24N2/c1-6-10-15(11-7-2)13(14-9-4)12(5)8-3/h8-9H,3,6-7,10-11H2,1-2,4-5H3/b13-12+,14-9-. The van der Waals surface area contributed by atoms with Gasteiger partial charge in [0.15, 0.2) is 0 Å². The van der Waals surface area contributed by atoms with Gasteiger partial charge >= 0.3 is 0 Å². The zero-order chi connectivity index (χ0) is 11.7. The molecule has 0 bridgehead atoms. The highest BCUT2D eigenvalue weighted by Gasteiger charge is 2.07. The van der Waals surface area contributed by atoms with Gasteiger partial charge in [0.1, 0.15) is 5.82 Å². The van der Waals surface area contributed by atoms with Crippen LogP contribution in [0.25, 0.3) is 0 Å². The Balaban J connectivity index is 4.90. The van der Waals surface area contributed by atoms with Crippen LogP contribution >= 0.6 is 0 Å². The van der Waals surface area contributed by atoms with Crippen molar-refractivity contribution in [3.05, 3.63) is 24.0 Å². The van der Waals surface area contributed by atoms with Gasteiger partial charge in [0.25, 0.3) is 0 Å². The van der Waals surface area contributed by atoms with Crippen LogP contribution in [0.15, 0.2) is 29.0 Å². The molecular formula is C13H24N2. The third-order valence-electron chi connectivity index (χ3n) is 2.20. The van der Waals surface area contributed by atoms with Gasteiger partial charge in [0.2, 0.25) is 0 Å². The number of aliphatic imine (C=N–C) groups is 1. The fraction of sp³-hybridized carbons (Fsp3) is 0.615. The summed E-state index contributed by atoms with van der Waals surface area (Å²) in [5.41, 5.74) is 1.15. The summed E-state index contributed by atoms with van der Waals surface area (Å²) in [7, 11) is 0. The molecule has 0 heterocycles. The molecular weight excluding hydrogens is 184 g/mol. The molecule has 0 amide bonds. The van der Waals surface area contributed by atoms with Crippen molar-refractivity contribution in [2.24, 2.45) is 4.99 Å². The minimum Gasteiger partial charge on any atom is -0.356 e. The second-order valence-electron chi connectivity index (χ2n) is 3.59. The molecule has 0 spiro atoms. The predicted molar refractivity (Wildman–Crippen MR) is 69.2 cm³/mol. The van der Waals surface area contributed by atoms with E-state index in [1.165, 1.54) is 0 Å². The number of hydrogen-bond donors (Lipinski definition) is 0. The Labute approximate surface area is 94.4 Å². The van der Waals surface area contributed by atoms with Gasteiger partial charge in [-0.15, -0.1) is 0 Å². The van der Waals surface area contributed by atoms with Crippen molar-refractivity contribution in [2.45, 2.75) is 40.5 Å². The molecule has 0 aromatic rings. The molecule has 0 atom stereocenters. The highest BCUT2D eigenvalue weighted by Crippen LogP contribution is 2.13. The molecule has 0 saturated carbocycles. The Morgan fingerprint density at radius 1 is 1.27 bits per heavy atom. The summed E-state index contributed by atoms with van der Waals surface area (Å²) >= 11 is 0. The van der Waals surface area contributed by atoms with E-state index in [1.54, 1.807) is 0 Å². The SMILES string of the molecule is C=C/C(C)=C(\N=C/C)N(CCC)CCC. The molecule has 0 N–H and O–H groups in total. The summed E-state index contributed by atoms with van der Waals surface area (Å²) < 4.78 is 0. The maximum absolute atomic E-state index is 4.44. The van der Waals surface area contributed by atoms with Crippen molar-refractivity contribution >= 4 is 6.21 Å². The Kier molecular flexibility index (Phi) is 7.69. The topological polar surface area (TPSA) is 15.6 Å². The summed E-state index contributed by atoms with van der Waals surface area (Å²) in [6, 6.07) is 0. The van der Waals surface area contributed by atoms with E-state index in [9.17, 15) is 0 Å². The van der Waals surface area contributed by atoms with E-state index >= 15 is 0 Å². The van der Waals surface area contributed by atoms with Gasteiger partial charge in [-0.05, 0) is 32.3 Å². The minimum absolute atomic E-state index is 1.06. The van der Waals surface area contributed by atoms with Crippen LogP contribution in [0.3, 0.4) is 0 Å². The quantitative estimate of drug-likeness (QED) is 0.461. The fourth-order valence-corrected chi connectivity index (χ4v) is 1.51. The molecule has 0 aliphatic rings. The fourth-order valence-electron chi connectivity index (χ4n) is 1.51. The van der Waals surface area contributed by atoms with Crippen LogP contribution in [-0.2, 0) is 0 Å². The maximum Gasteiger partial charge on any atom is 0.130 e. The third kappa shape index (κ3) is 4.82. The van der Waals surface area contributed by atoms with Crippen molar-refractivity contribution in [3.8, 4) is 0 Å². The average molecular weight is 208 g/mol. The maximum atomic E-state index is 4.44. The second-order valence-corrected chi connectivity index (χ2v) is 3.59. The molecule has 0 aliphatic heterocycles. The second kappa shape index (κ2) is 8.27. The summed E-state index contributed by atoms with van der Waals surface area (Å²) in [4.78, 5) is 6.77. The van der Waals surface area contributed by atoms with Gasteiger partial charge in [-0.1, -0.05) is 26.5 Å². The lowest BCUT2D eigenvalue weighted by molar-refractivity contribution is 0.339. The van der Waals surface area contributed by atoms with Crippen LogP contribution in [0, 0.1) is 0 Å². The zero-order valence-electron chi connectivity index (χ0n) is 10.6. The minimum atomic E-state index is 1.06. The van der Waals surface area contributed by atoms with Crippen LogP contribution in [0.5, 0.6) is 0 Å². The molecule has 2 nitrogen and oxygen atoms in total. The van der Waals surface area contributed by atoms with E-state index in [2.05, 4.69) is 37.2 Å². The van der Waals surface area contributed by atoms with Gasteiger partial charge in [-0.3, -0.25) is 0 Å². The van der Waals surface area contributed by atoms with Crippen LogP contribution in [0.2, 0.25) is 0 Å². The normalized spacial score (nSPS) is 12.8. The lowest BCUT2D eigenvalue weighted by Crippen LogP contribution is -2.25. The van der Waals surface area contributed by atoms with Gasteiger partial charge in [-0.25, -0.2) is 4.99 Å². The molecule has 0 aliphatic carbocycles. The first-order chi connectivity index (χ1) is 7.21. The summed E-state index contributed by atoms with van der Waals surface area (Å²) in [5, 5.41) is 0. The van der Waals surface area contributed by atoms with Crippen LogP contribution in [-0.4, -0.2) is 24.2 Å². The summed E-state index contributed by atoms with van der Waals surface area (Å²) in [5.74, 6) is 1.07. The Morgan fingerprint density at radius 2 is 1.80 bits per heavy atom. The highest BCUT2D eigenvalue weighted by atomic mass is 15.2. The van der Waals surface area contributed by atoms with Crippen molar-refractivity contribution in [3.63, 3.8) is 0 Å². The predicted octanol–water partition coefficient (Wildman–Crippen LogP) is 3.62. The van der Waals surface area contributed by atoms with Gasteiger partial charge in [0, 0.05) is 19.3 Å². The molecule has 0 aromatic heterocycles. The summed E-state index contributed by atoms with van der Waals surface area (Å²) in [6.07, 6.45) is 6.02. The number of allylic oxidation sites excluding steroid dienone is 2. The van der Waals surface area contributed by atoms with Crippen molar-refractivity contribution < 1.29 is 0 Å². The molecule has 15 heavy (non-hydrogen) atoms. The lowest BCUT2D eigenvalue weighted by Gasteiger charge is -2.25. The highest BCUT2D eigenvalue weighted by molar-refractivity contribution is 5.55. The van der Waals surface area contributed by atoms with Crippen LogP contribution in [0.4, 0.5) is 0 Å². The molecule has 0 radical (unpaired) electrons. The first-order valence-corrected chi connectivity index (χ1v) is 5.78. The van der Waals surface area contributed by atoms with Crippen molar-refractivity contribution in [2.75, 3.05) is 13.1 Å². The van der Waals surface area contributed by atoms with E-state index in [0.29, 0.717) is 0 Å². The molecule has 0 saturated heterocycles. The lowest BCUT2D eigenvalue weighted by atomic mass is 10.2. The molecule has 86 valence electrons. The average Bonchev–Trinajstić information content (AvgIpc) is 2.25. The van der Waals surface area contributed by atoms with Crippen LogP contribution in [0.1, 0.15) is 40.5 Å². The third-order valence-corrected chi connectivity index (χ3v) is 2.20. The molecule has 0 aromatic carbocycles. The zero-order valence-corrected chi connectivity index (χ0v) is 10.6. The number of hydrogen-bond acceptors (Lipinski definition) is 2. The Morgan fingerprint density at radius 3 is 2.13 bits per heavy atom. The van der Waals surface area contributed by atoms with Gasteiger partial charge in [0.05, 0.1) is 0 Å². The first kappa shape index (κ1) is 13.9. The smallest absolute Gasteiger partial charge is 0.130 e. The van der Waals surface area contributed by atoms with E-state index in [4.69, 9.17) is 0 Å². The molecule has 0 fully saturated rings. The van der Waals surface area contributed by atoms with E-state index in [-0.39, 0.29) is 0 Å². The van der Waals surface area contributed by atoms with Gasteiger partial charge in [-0.2, -0.15) is 0 Å². The molecule has 0 rings (SSSR count). The molecule has 2 heteroatoms. The summed E-state index contributed by atoms with van der Waals surface area (Å²) in [6.45, 7) is 14.3. The monoisotopic (exact) mass is 208 g/mol. The number of rotatable bonds is 7. The largest absolute Gasteiger partial charge is 0.356 e. The van der Waals surface area contributed by atoms with Gasteiger partial charge < -0.3 is 4.90 Å². The van der Waals surface area contributed by atoms with Crippen molar-refractivity contribution in [1.82, 2.24) is 4.90 Å². The first-order valence-electron chi connectivity index (χ1n) is 5.78. The molecule has 0 unspecified atom stereocenters. The Bertz CT molecular complexity index is 233. The number of nitrogens with zero attached hydrogens (tertiary/aromatic N) is 2. The Hall–Kier alpha value is -1.05.